The monoisotopic (exact) mass is 744 g/mol. The summed E-state index contributed by atoms with van der Waals surface area (Å²) >= 11 is 20.0. The minimum absolute atomic E-state index is 0.00998. The summed E-state index contributed by atoms with van der Waals surface area (Å²) in [6.07, 6.45) is 4.18. The molecule has 0 radical (unpaired) electrons. The summed E-state index contributed by atoms with van der Waals surface area (Å²) in [4.78, 5) is 39.6. The molecule has 2 amide bonds. The van der Waals surface area contributed by atoms with E-state index in [1.807, 2.05) is 65.8 Å². The number of ether oxygens (including phenoxy) is 2. The zero-order chi connectivity index (χ0) is 34.8. The van der Waals surface area contributed by atoms with Crippen LogP contribution in [0.3, 0.4) is 0 Å². The number of nitrogens with zero attached hydrogens (tertiary/aromatic N) is 4. The Morgan fingerprint density at radius 2 is 1.76 bits per heavy atom. The Morgan fingerprint density at radius 3 is 2.55 bits per heavy atom. The molecule has 3 atom stereocenters. The van der Waals surface area contributed by atoms with Crippen LogP contribution >= 0.6 is 34.8 Å². The van der Waals surface area contributed by atoms with Gasteiger partial charge in [-0.1, -0.05) is 71.2 Å². The number of piperidine rings is 1. The van der Waals surface area contributed by atoms with Gasteiger partial charge in [-0.2, -0.15) is 0 Å². The topological polar surface area (TPSA) is 105 Å². The van der Waals surface area contributed by atoms with E-state index in [0.717, 1.165) is 83.4 Å². The molecule has 6 heterocycles. The number of aromatic nitrogens is 3. The molecule has 10 nitrogen and oxygen atoms in total. The van der Waals surface area contributed by atoms with Crippen molar-refractivity contribution in [3.63, 3.8) is 0 Å². The molecule has 3 aromatic carbocycles. The number of carbonyl (C=O) groups excluding carboxylic acids is 2. The van der Waals surface area contributed by atoms with Gasteiger partial charge in [0.25, 0.3) is 5.91 Å². The standard InChI is InChI=1S/C38H35Cl3N6O4/c39-22-7-8-25(27(41)16-22)35-26-15-23(40)17-28-31(26)32(36-33(42-20-47(35)36)21-5-2-1-3-6-21)34(43-28)37(48)44-29-18-50-19-30(29)45-12-9-24(10-13-45)46-11-4-14-51-38(46)49/h1-3,5-8,15-17,20,24,29-30,35,43H,4,9-14,18-19H2,(H,44,48). The Labute approximate surface area is 309 Å². The van der Waals surface area contributed by atoms with Crippen LogP contribution in [-0.4, -0.2) is 93.9 Å². The van der Waals surface area contributed by atoms with Crippen LogP contribution < -0.4 is 5.32 Å². The number of fused-ring (bicyclic) bond motifs is 2. The summed E-state index contributed by atoms with van der Waals surface area (Å²) in [6, 6.07) is 18.8. The lowest BCUT2D eigenvalue weighted by Gasteiger charge is -2.42. The van der Waals surface area contributed by atoms with Crippen LogP contribution in [0.15, 0.2) is 67.0 Å². The van der Waals surface area contributed by atoms with Gasteiger partial charge < -0.3 is 29.2 Å². The number of amides is 2. The normalized spacial score (nSPS) is 22.3. The molecule has 0 spiro atoms. The number of aromatic amines is 1. The van der Waals surface area contributed by atoms with E-state index >= 15 is 0 Å². The first-order chi connectivity index (χ1) is 24.9. The van der Waals surface area contributed by atoms with Gasteiger partial charge in [-0.15, -0.1) is 0 Å². The lowest BCUT2D eigenvalue weighted by atomic mass is 9.87. The van der Waals surface area contributed by atoms with Crippen molar-refractivity contribution in [2.45, 2.75) is 43.4 Å². The largest absolute Gasteiger partial charge is 0.449 e. The highest BCUT2D eigenvalue weighted by atomic mass is 35.5. The third-order valence-electron chi connectivity index (χ3n) is 10.8. The number of cyclic esters (lactones) is 1. The molecule has 0 aliphatic carbocycles. The molecule has 3 saturated heterocycles. The predicted molar refractivity (Wildman–Crippen MR) is 197 cm³/mol. The molecular weight excluding hydrogens is 711 g/mol. The first kappa shape index (κ1) is 32.8. The van der Waals surface area contributed by atoms with Crippen LogP contribution in [0.25, 0.3) is 33.4 Å². The lowest BCUT2D eigenvalue weighted by Crippen LogP contribution is -2.56. The maximum absolute atomic E-state index is 14.5. The van der Waals surface area contributed by atoms with E-state index in [9.17, 15) is 9.59 Å². The van der Waals surface area contributed by atoms with Gasteiger partial charge in [0.15, 0.2) is 0 Å². The summed E-state index contributed by atoms with van der Waals surface area (Å²) in [6.45, 7) is 3.79. The summed E-state index contributed by atoms with van der Waals surface area (Å²) in [5, 5.41) is 5.82. The van der Waals surface area contributed by atoms with Gasteiger partial charge in [0, 0.05) is 62.8 Å². The molecule has 262 valence electrons. The zero-order valence-corrected chi connectivity index (χ0v) is 29.8. The van der Waals surface area contributed by atoms with Crippen LogP contribution in [0.5, 0.6) is 0 Å². The third kappa shape index (κ3) is 5.68. The fraction of sp³-hybridized carbons (Fsp3) is 0.342. The molecule has 0 bridgehead atoms. The van der Waals surface area contributed by atoms with Gasteiger partial charge in [-0.3, -0.25) is 9.69 Å². The molecule has 3 fully saturated rings. The van der Waals surface area contributed by atoms with Crippen molar-refractivity contribution in [2.24, 2.45) is 0 Å². The molecule has 3 unspecified atom stereocenters. The van der Waals surface area contributed by atoms with Crippen LogP contribution in [0.1, 0.15) is 46.9 Å². The van der Waals surface area contributed by atoms with E-state index in [1.54, 1.807) is 6.07 Å². The number of benzene rings is 3. The average molecular weight is 746 g/mol. The Kier molecular flexibility index (Phi) is 8.47. The molecule has 4 aliphatic heterocycles. The van der Waals surface area contributed by atoms with Crippen LogP contribution in [0.4, 0.5) is 4.79 Å². The third-order valence-corrected chi connectivity index (χ3v) is 11.6. The van der Waals surface area contributed by atoms with Crippen LogP contribution in [0.2, 0.25) is 15.1 Å². The maximum atomic E-state index is 14.5. The van der Waals surface area contributed by atoms with Crippen molar-refractivity contribution >= 4 is 57.7 Å². The highest BCUT2D eigenvalue weighted by Crippen LogP contribution is 2.50. The average Bonchev–Trinajstić information content (AvgIpc) is 3.87. The zero-order valence-electron chi connectivity index (χ0n) is 27.6. The smallest absolute Gasteiger partial charge is 0.410 e. The molecule has 9 rings (SSSR count). The van der Waals surface area contributed by atoms with Gasteiger partial charge >= 0.3 is 6.09 Å². The predicted octanol–water partition coefficient (Wildman–Crippen LogP) is 7.41. The number of rotatable bonds is 6. The van der Waals surface area contributed by atoms with Crippen molar-refractivity contribution in [2.75, 3.05) is 39.5 Å². The van der Waals surface area contributed by atoms with E-state index in [2.05, 4.69) is 19.8 Å². The Bertz CT molecular complexity index is 2160. The second kappa shape index (κ2) is 13.2. The van der Waals surface area contributed by atoms with Crippen molar-refractivity contribution in [3.05, 3.63) is 98.9 Å². The molecule has 13 heteroatoms. The van der Waals surface area contributed by atoms with Crippen molar-refractivity contribution in [1.29, 1.82) is 0 Å². The second-order valence-corrected chi connectivity index (χ2v) is 15.0. The first-order valence-electron chi connectivity index (χ1n) is 17.3. The number of nitrogens with one attached hydrogen (secondary N) is 2. The Balaban J connectivity index is 1.08. The van der Waals surface area contributed by atoms with Gasteiger partial charge in [-0.25, -0.2) is 9.78 Å². The number of H-pyrrole nitrogens is 1. The molecule has 0 saturated carbocycles. The Morgan fingerprint density at radius 1 is 0.941 bits per heavy atom. The fourth-order valence-corrected chi connectivity index (χ4v) is 9.20. The number of halogens is 3. The number of likely N-dealkylation sites (tertiary alicyclic amines) is 1. The van der Waals surface area contributed by atoms with Gasteiger partial charge in [0.2, 0.25) is 0 Å². The highest BCUT2D eigenvalue weighted by Gasteiger charge is 2.41. The summed E-state index contributed by atoms with van der Waals surface area (Å²) in [5.41, 5.74) is 6.17. The molecule has 5 aromatic rings. The number of hydrogen-bond donors (Lipinski definition) is 2. The minimum Gasteiger partial charge on any atom is -0.449 e. The van der Waals surface area contributed by atoms with Crippen molar-refractivity contribution in [3.8, 4) is 22.5 Å². The second-order valence-electron chi connectivity index (χ2n) is 13.7. The van der Waals surface area contributed by atoms with E-state index in [-0.39, 0.29) is 36.2 Å². The van der Waals surface area contributed by atoms with Crippen molar-refractivity contribution in [1.82, 2.24) is 29.7 Å². The maximum Gasteiger partial charge on any atom is 0.410 e. The minimum atomic E-state index is -0.377. The van der Waals surface area contributed by atoms with Crippen LogP contribution in [0, 0.1) is 0 Å². The first-order valence-corrected chi connectivity index (χ1v) is 18.5. The van der Waals surface area contributed by atoms with Crippen LogP contribution in [-0.2, 0) is 9.47 Å². The lowest BCUT2D eigenvalue weighted by molar-refractivity contribution is 0.0290. The Hall–Kier alpha value is -4.06. The number of imidazole rings is 1. The molecule has 2 N–H and O–H groups in total. The van der Waals surface area contributed by atoms with E-state index in [0.29, 0.717) is 40.6 Å². The highest BCUT2D eigenvalue weighted by molar-refractivity contribution is 6.35. The van der Waals surface area contributed by atoms with E-state index < -0.39 is 0 Å². The van der Waals surface area contributed by atoms with Crippen molar-refractivity contribution < 1.29 is 19.1 Å². The molecule has 51 heavy (non-hydrogen) atoms. The van der Waals surface area contributed by atoms with E-state index in [4.69, 9.17) is 49.3 Å². The summed E-state index contributed by atoms with van der Waals surface area (Å²) in [5.74, 6) is -0.232. The van der Waals surface area contributed by atoms with E-state index in [1.165, 1.54) is 0 Å². The molecule has 2 aromatic heterocycles. The summed E-state index contributed by atoms with van der Waals surface area (Å²) < 4.78 is 13.4. The molecule has 4 aliphatic rings. The SMILES string of the molecule is O=C(NC1COCC1N1CCC(N2CCCOC2=O)CC1)c1[nH]c2cc(Cl)cc3c2c1-c1c(-c2ccccc2)ncn1C3c1ccc(Cl)cc1Cl. The quantitative estimate of drug-likeness (QED) is 0.184. The molecular formula is C38H35Cl3N6O4. The number of hydrogen-bond acceptors (Lipinski definition) is 6. The fourth-order valence-electron chi connectivity index (χ4n) is 8.46. The number of carbonyl (C=O) groups is 2. The summed E-state index contributed by atoms with van der Waals surface area (Å²) in [7, 11) is 0. The van der Waals surface area contributed by atoms with Gasteiger partial charge in [0.1, 0.15) is 5.69 Å². The van der Waals surface area contributed by atoms with Gasteiger partial charge in [0.05, 0.1) is 55.7 Å². The van der Waals surface area contributed by atoms with Gasteiger partial charge in [-0.05, 0) is 54.7 Å².